The number of alkyl halides is 3. The highest BCUT2D eigenvalue weighted by molar-refractivity contribution is 5.39. The van der Waals surface area contributed by atoms with Gasteiger partial charge in [0.1, 0.15) is 17.5 Å². The molecule has 1 atom stereocenters. The summed E-state index contributed by atoms with van der Waals surface area (Å²) in [5.74, 6) is -2.92. The van der Waals surface area contributed by atoms with Gasteiger partial charge in [0.15, 0.2) is 0 Å². The molecule has 0 aliphatic carbocycles. The Labute approximate surface area is 116 Å². The van der Waals surface area contributed by atoms with Crippen molar-refractivity contribution in [2.75, 3.05) is 0 Å². The molecule has 21 heavy (non-hydrogen) atoms. The van der Waals surface area contributed by atoms with Crippen molar-refractivity contribution in [2.45, 2.75) is 12.2 Å². The van der Waals surface area contributed by atoms with Gasteiger partial charge >= 0.3 is 6.18 Å². The van der Waals surface area contributed by atoms with E-state index in [1.165, 1.54) is 0 Å². The molecule has 1 unspecified atom stereocenters. The second kappa shape index (κ2) is 5.40. The molecule has 2 N–H and O–H groups in total. The lowest BCUT2D eigenvalue weighted by molar-refractivity contribution is -0.138. The van der Waals surface area contributed by atoms with Gasteiger partial charge in [-0.2, -0.15) is 13.2 Å². The van der Waals surface area contributed by atoms with Crippen LogP contribution in [0.25, 0.3) is 0 Å². The number of nitrogens with two attached hydrogens (primary N) is 1. The van der Waals surface area contributed by atoms with Crippen molar-refractivity contribution >= 4 is 0 Å². The first kappa shape index (κ1) is 15.4. The van der Waals surface area contributed by atoms with Gasteiger partial charge in [0, 0.05) is 11.6 Å². The molecule has 0 aliphatic heterocycles. The minimum Gasteiger partial charge on any atom is -0.320 e. The second-order valence-electron chi connectivity index (χ2n) is 4.37. The largest absolute Gasteiger partial charge is 0.416 e. The summed E-state index contributed by atoms with van der Waals surface area (Å²) in [6.07, 6.45) is -4.77. The van der Waals surface area contributed by atoms with E-state index in [1.54, 1.807) is 0 Å². The zero-order valence-electron chi connectivity index (χ0n) is 10.4. The van der Waals surface area contributed by atoms with E-state index in [0.717, 1.165) is 12.1 Å². The molecule has 0 aromatic heterocycles. The zero-order valence-corrected chi connectivity index (χ0v) is 10.4. The Kier molecular flexibility index (Phi) is 3.95. The molecule has 2 rings (SSSR count). The van der Waals surface area contributed by atoms with Crippen LogP contribution >= 0.6 is 0 Å². The van der Waals surface area contributed by atoms with Crippen LogP contribution in [0.4, 0.5) is 26.3 Å². The van der Waals surface area contributed by atoms with Gasteiger partial charge in [-0.15, -0.1) is 0 Å². The molecule has 1 nitrogen and oxygen atoms in total. The summed E-state index contributed by atoms with van der Waals surface area (Å²) in [4.78, 5) is 0. The third-order valence-corrected chi connectivity index (χ3v) is 2.95. The molecule has 2 aromatic carbocycles. The van der Waals surface area contributed by atoms with Crippen LogP contribution < -0.4 is 5.73 Å². The SMILES string of the molecule is NC(c1ccc(F)cc1F)c1cc(F)ccc1C(F)(F)F. The van der Waals surface area contributed by atoms with Crippen molar-refractivity contribution in [1.29, 1.82) is 0 Å². The van der Waals surface area contributed by atoms with Crippen LogP contribution in [0.3, 0.4) is 0 Å². The summed E-state index contributed by atoms with van der Waals surface area (Å²) >= 11 is 0. The van der Waals surface area contributed by atoms with E-state index in [2.05, 4.69) is 0 Å². The molecule has 0 bridgehead atoms. The standard InChI is InChI=1S/C14H9F6N/c15-7-2-4-11(14(18,19)20)10(5-7)13(21)9-3-1-8(16)6-12(9)17/h1-6,13H,21H2. The Bertz CT molecular complexity index is 665. The lowest BCUT2D eigenvalue weighted by Gasteiger charge is -2.19. The molecule has 0 heterocycles. The molecule has 112 valence electrons. The molecule has 0 saturated heterocycles. The fourth-order valence-corrected chi connectivity index (χ4v) is 1.97. The van der Waals surface area contributed by atoms with Crippen molar-refractivity contribution in [2.24, 2.45) is 5.73 Å². The number of halogens is 6. The van der Waals surface area contributed by atoms with E-state index in [1.807, 2.05) is 0 Å². The summed E-state index contributed by atoms with van der Waals surface area (Å²) in [6, 6.07) is 2.49. The highest BCUT2D eigenvalue weighted by Gasteiger charge is 2.35. The van der Waals surface area contributed by atoms with E-state index >= 15 is 0 Å². The van der Waals surface area contributed by atoms with Crippen LogP contribution in [-0.2, 0) is 6.18 Å². The van der Waals surface area contributed by atoms with Crippen LogP contribution in [0.2, 0.25) is 0 Å². The van der Waals surface area contributed by atoms with Crippen LogP contribution in [0.1, 0.15) is 22.7 Å². The van der Waals surface area contributed by atoms with Crippen LogP contribution in [0, 0.1) is 17.5 Å². The van der Waals surface area contributed by atoms with Crippen LogP contribution in [0.5, 0.6) is 0 Å². The number of hydrogen-bond donors (Lipinski definition) is 1. The average Bonchev–Trinajstić information content (AvgIpc) is 2.36. The molecular weight excluding hydrogens is 296 g/mol. The molecule has 0 radical (unpaired) electrons. The molecule has 0 saturated carbocycles. The topological polar surface area (TPSA) is 26.0 Å². The lowest BCUT2D eigenvalue weighted by Crippen LogP contribution is -2.20. The van der Waals surface area contributed by atoms with Crippen molar-refractivity contribution in [3.63, 3.8) is 0 Å². The fourth-order valence-electron chi connectivity index (χ4n) is 1.97. The summed E-state index contributed by atoms with van der Waals surface area (Å²) in [5.41, 5.74) is 3.47. The maximum atomic E-state index is 13.6. The number of rotatable bonds is 2. The van der Waals surface area contributed by atoms with Crippen molar-refractivity contribution in [3.05, 3.63) is 70.5 Å². The predicted molar refractivity (Wildman–Crippen MR) is 63.8 cm³/mol. The zero-order chi connectivity index (χ0) is 15.8. The van der Waals surface area contributed by atoms with Gasteiger partial charge in [0.2, 0.25) is 0 Å². The Morgan fingerprint density at radius 2 is 1.38 bits per heavy atom. The second-order valence-corrected chi connectivity index (χ2v) is 4.37. The molecule has 2 aromatic rings. The highest BCUT2D eigenvalue weighted by atomic mass is 19.4. The quantitative estimate of drug-likeness (QED) is 0.828. The Balaban J connectivity index is 2.57. The van der Waals surface area contributed by atoms with Crippen molar-refractivity contribution in [3.8, 4) is 0 Å². The first-order valence-electron chi connectivity index (χ1n) is 5.77. The summed E-state index contributed by atoms with van der Waals surface area (Å²) < 4.78 is 78.3. The molecule has 0 amide bonds. The van der Waals surface area contributed by atoms with Gasteiger partial charge in [0.25, 0.3) is 0 Å². The van der Waals surface area contributed by atoms with E-state index in [9.17, 15) is 26.3 Å². The molecule has 0 fully saturated rings. The van der Waals surface area contributed by atoms with E-state index < -0.39 is 40.8 Å². The Morgan fingerprint density at radius 3 is 1.95 bits per heavy atom. The molecule has 0 spiro atoms. The van der Waals surface area contributed by atoms with Crippen molar-refractivity contribution in [1.82, 2.24) is 0 Å². The normalized spacial score (nSPS) is 13.3. The minimum atomic E-state index is -4.77. The third kappa shape index (κ3) is 3.18. The van der Waals surface area contributed by atoms with E-state index in [-0.39, 0.29) is 5.56 Å². The predicted octanol–water partition coefficient (Wildman–Crippen LogP) is 4.17. The number of hydrogen-bond acceptors (Lipinski definition) is 1. The van der Waals surface area contributed by atoms with Gasteiger partial charge in [-0.25, -0.2) is 13.2 Å². The molecular formula is C14H9F6N. The first-order chi connectivity index (χ1) is 9.70. The van der Waals surface area contributed by atoms with Crippen LogP contribution in [-0.4, -0.2) is 0 Å². The van der Waals surface area contributed by atoms with Crippen molar-refractivity contribution < 1.29 is 26.3 Å². The first-order valence-corrected chi connectivity index (χ1v) is 5.77. The van der Waals surface area contributed by atoms with Gasteiger partial charge in [-0.1, -0.05) is 6.07 Å². The molecule has 7 heteroatoms. The molecule has 0 aliphatic rings. The van der Waals surface area contributed by atoms with Crippen LogP contribution in [0.15, 0.2) is 36.4 Å². The Morgan fingerprint density at radius 1 is 0.810 bits per heavy atom. The summed E-state index contributed by atoms with van der Waals surface area (Å²) in [7, 11) is 0. The summed E-state index contributed by atoms with van der Waals surface area (Å²) in [6.45, 7) is 0. The fraction of sp³-hybridized carbons (Fsp3) is 0.143. The lowest BCUT2D eigenvalue weighted by atomic mass is 9.94. The van der Waals surface area contributed by atoms with E-state index in [0.29, 0.717) is 24.3 Å². The maximum Gasteiger partial charge on any atom is 0.416 e. The Hall–Kier alpha value is -2.02. The van der Waals surface area contributed by atoms with Gasteiger partial charge in [-0.05, 0) is 29.8 Å². The minimum absolute atomic E-state index is 0.354. The average molecular weight is 305 g/mol. The third-order valence-electron chi connectivity index (χ3n) is 2.95. The van der Waals surface area contributed by atoms with E-state index in [4.69, 9.17) is 5.73 Å². The monoisotopic (exact) mass is 305 g/mol. The number of benzene rings is 2. The smallest absolute Gasteiger partial charge is 0.320 e. The highest BCUT2D eigenvalue weighted by Crippen LogP contribution is 2.36. The van der Waals surface area contributed by atoms with Gasteiger partial charge < -0.3 is 5.73 Å². The maximum absolute atomic E-state index is 13.6. The van der Waals surface area contributed by atoms with Gasteiger partial charge in [-0.3, -0.25) is 0 Å². The summed E-state index contributed by atoms with van der Waals surface area (Å²) in [5, 5.41) is 0. The van der Waals surface area contributed by atoms with Gasteiger partial charge in [0.05, 0.1) is 11.6 Å².